The highest BCUT2D eigenvalue weighted by molar-refractivity contribution is 6.06. The highest BCUT2D eigenvalue weighted by atomic mass is 19.4. The number of benzene rings is 2. The molecule has 1 saturated heterocycles. The Morgan fingerprint density at radius 2 is 1.80 bits per heavy atom. The molecule has 0 spiro atoms. The molecule has 160 valence electrons. The van der Waals surface area contributed by atoms with Crippen molar-refractivity contribution >= 4 is 23.0 Å². The van der Waals surface area contributed by atoms with Crippen LogP contribution < -0.4 is 10.2 Å². The quantitative estimate of drug-likeness (QED) is 0.577. The average molecular weight is 424 g/mol. The van der Waals surface area contributed by atoms with Gasteiger partial charge in [-0.05, 0) is 31.3 Å². The van der Waals surface area contributed by atoms with Gasteiger partial charge in [0.15, 0.2) is 0 Å². The summed E-state index contributed by atoms with van der Waals surface area (Å²) >= 11 is 0. The number of carbonyl (C=O) groups is 1. The summed E-state index contributed by atoms with van der Waals surface area (Å²) in [6.45, 7) is 2.71. The Balaban J connectivity index is 1.94. The Morgan fingerprint density at radius 1 is 1.13 bits per heavy atom. The first kappa shape index (κ1) is 21.4. The van der Waals surface area contributed by atoms with Crippen LogP contribution in [0.25, 0.3) is 0 Å². The molecular formula is C19H19F3N4O4. The lowest BCUT2D eigenvalue weighted by Gasteiger charge is -2.35. The number of likely N-dealkylation sites (N-methyl/N-ethyl adjacent to an activating group) is 1. The van der Waals surface area contributed by atoms with E-state index in [1.807, 2.05) is 11.9 Å². The van der Waals surface area contributed by atoms with Gasteiger partial charge < -0.3 is 20.2 Å². The minimum Gasteiger partial charge on any atom is -0.508 e. The zero-order chi connectivity index (χ0) is 22.1. The number of hydrogen-bond acceptors (Lipinski definition) is 6. The number of nitro groups is 1. The predicted octanol–water partition coefficient (Wildman–Crippen LogP) is 3.32. The molecule has 8 nitrogen and oxygen atoms in total. The summed E-state index contributed by atoms with van der Waals surface area (Å²) in [6, 6.07) is 6.00. The number of halogens is 3. The molecule has 3 rings (SSSR count). The van der Waals surface area contributed by atoms with Gasteiger partial charge in [0.25, 0.3) is 11.6 Å². The van der Waals surface area contributed by atoms with Crippen LogP contribution in [0.4, 0.5) is 30.2 Å². The van der Waals surface area contributed by atoms with Gasteiger partial charge in [-0.3, -0.25) is 14.9 Å². The van der Waals surface area contributed by atoms with E-state index < -0.39 is 33.9 Å². The summed E-state index contributed by atoms with van der Waals surface area (Å²) in [4.78, 5) is 27.2. The molecule has 0 atom stereocenters. The Bertz CT molecular complexity index is 973. The fourth-order valence-electron chi connectivity index (χ4n) is 3.16. The second-order valence-electron chi connectivity index (χ2n) is 6.97. The molecule has 1 heterocycles. The molecule has 1 amide bonds. The third kappa shape index (κ3) is 4.79. The van der Waals surface area contributed by atoms with E-state index in [2.05, 4.69) is 10.2 Å². The molecular weight excluding hydrogens is 405 g/mol. The molecule has 1 fully saturated rings. The Morgan fingerprint density at radius 3 is 2.40 bits per heavy atom. The minimum absolute atomic E-state index is 0.107. The number of nitrogens with one attached hydrogen (secondary N) is 1. The molecule has 2 N–H and O–H groups in total. The standard InChI is InChI=1S/C19H19F3N4O4/c1-24-4-6-25(7-5-24)17-3-2-14(26(29)30)11-16(17)23-18(28)12-8-13(19(20,21)22)10-15(27)9-12/h2-3,8-11,27H,4-7H2,1H3,(H,23,28). The molecule has 0 unspecified atom stereocenters. The summed E-state index contributed by atoms with van der Waals surface area (Å²) < 4.78 is 39.0. The van der Waals surface area contributed by atoms with Crippen molar-refractivity contribution in [3.05, 3.63) is 57.6 Å². The predicted molar refractivity (Wildman–Crippen MR) is 104 cm³/mol. The van der Waals surface area contributed by atoms with Crippen molar-refractivity contribution in [1.29, 1.82) is 0 Å². The third-order valence-electron chi connectivity index (χ3n) is 4.79. The van der Waals surface area contributed by atoms with Crippen LogP contribution in [0.15, 0.2) is 36.4 Å². The first-order chi connectivity index (χ1) is 14.0. The number of aromatic hydroxyl groups is 1. The molecule has 2 aromatic rings. The number of amides is 1. The minimum atomic E-state index is -4.75. The van der Waals surface area contributed by atoms with Crippen LogP contribution in [0.3, 0.4) is 0 Å². The zero-order valence-electron chi connectivity index (χ0n) is 15.9. The van der Waals surface area contributed by atoms with Gasteiger partial charge in [0.1, 0.15) is 5.75 Å². The van der Waals surface area contributed by atoms with Gasteiger partial charge in [0, 0.05) is 43.9 Å². The molecule has 0 aromatic heterocycles. The normalized spacial score (nSPS) is 15.1. The molecule has 1 aliphatic rings. The third-order valence-corrected chi connectivity index (χ3v) is 4.79. The van der Waals surface area contributed by atoms with Crippen molar-refractivity contribution in [2.75, 3.05) is 43.4 Å². The highest BCUT2D eigenvalue weighted by Crippen LogP contribution is 2.34. The fourth-order valence-corrected chi connectivity index (χ4v) is 3.16. The van der Waals surface area contributed by atoms with E-state index in [9.17, 15) is 33.2 Å². The topological polar surface area (TPSA) is 99.0 Å². The maximum absolute atomic E-state index is 13.0. The Kier molecular flexibility index (Phi) is 5.83. The molecule has 0 radical (unpaired) electrons. The molecule has 2 aromatic carbocycles. The average Bonchev–Trinajstić information content (AvgIpc) is 2.67. The van der Waals surface area contributed by atoms with Crippen molar-refractivity contribution in [3.8, 4) is 5.75 Å². The largest absolute Gasteiger partial charge is 0.508 e. The summed E-state index contributed by atoms with van der Waals surface area (Å²) in [5.74, 6) is -1.64. The van der Waals surface area contributed by atoms with Crippen molar-refractivity contribution in [3.63, 3.8) is 0 Å². The van der Waals surface area contributed by atoms with Crippen LogP contribution in [-0.2, 0) is 6.18 Å². The van der Waals surface area contributed by atoms with Gasteiger partial charge in [-0.15, -0.1) is 0 Å². The number of alkyl halides is 3. The number of non-ortho nitro benzene ring substituents is 1. The molecule has 0 saturated carbocycles. The van der Waals surface area contributed by atoms with E-state index in [4.69, 9.17) is 0 Å². The maximum atomic E-state index is 13.0. The second kappa shape index (κ2) is 8.19. The van der Waals surface area contributed by atoms with E-state index in [1.165, 1.54) is 18.2 Å². The number of nitrogens with zero attached hydrogens (tertiary/aromatic N) is 3. The van der Waals surface area contributed by atoms with Crippen LogP contribution >= 0.6 is 0 Å². The number of rotatable bonds is 4. The zero-order valence-corrected chi connectivity index (χ0v) is 15.9. The smallest absolute Gasteiger partial charge is 0.416 e. The van der Waals surface area contributed by atoms with Crippen LogP contribution in [-0.4, -0.2) is 54.1 Å². The molecule has 30 heavy (non-hydrogen) atoms. The molecule has 1 aliphatic heterocycles. The van der Waals surface area contributed by atoms with Gasteiger partial charge in [0.05, 0.1) is 21.9 Å². The summed E-state index contributed by atoms with van der Waals surface area (Å²) in [7, 11) is 1.95. The Hall–Kier alpha value is -3.34. The van der Waals surface area contributed by atoms with E-state index >= 15 is 0 Å². The number of phenolic OH excluding ortho intramolecular Hbond substituents is 1. The van der Waals surface area contributed by atoms with Crippen molar-refractivity contribution in [2.24, 2.45) is 0 Å². The number of carbonyl (C=O) groups excluding carboxylic acids is 1. The lowest BCUT2D eigenvalue weighted by molar-refractivity contribution is -0.384. The summed E-state index contributed by atoms with van der Waals surface area (Å²) in [5.41, 5.74) is -1.23. The van der Waals surface area contributed by atoms with Gasteiger partial charge in [-0.1, -0.05) is 0 Å². The molecule has 0 bridgehead atoms. The Labute approximate surface area is 169 Å². The van der Waals surface area contributed by atoms with Crippen LogP contribution in [0.5, 0.6) is 5.75 Å². The van der Waals surface area contributed by atoms with E-state index in [-0.39, 0.29) is 11.4 Å². The summed E-state index contributed by atoms with van der Waals surface area (Å²) in [5, 5.41) is 23.2. The number of phenols is 1. The van der Waals surface area contributed by atoms with Gasteiger partial charge in [-0.25, -0.2) is 0 Å². The van der Waals surface area contributed by atoms with Crippen molar-refractivity contribution < 1.29 is 28.0 Å². The van der Waals surface area contributed by atoms with Gasteiger partial charge in [-0.2, -0.15) is 13.2 Å². The summed E-state index contributed by atoms with van der Waals surface area (Å²) in [6.07, 6.45) is -4.75. The first-order valence-electron chi connectivity index (χ1n) is 8.99. The van der Waals surface area contributed by atoms with E-state index in [0.29, 0.717) is 30.9 Å². The molecule has 0 aliphatic carbocycles. The number of nitro benzene ring substituents is 1. The van der Waals surface area contributed by atoms with Gasteiger partial charge in [0.2, 0.25) is 0 Å². The number of anilines is 2. The lowest BCUT2D eigenvalue weighted by Crippen LogP contribution is -2.44. The number of piperazine rings is 1. The highest BCUT2D eigenvalue weighted by Gasteiger charge is 2.32. The van der Waals surface area contributed by atoms with Gasteiger partial charge >= 0.3 is 6.18 Å². The monoisotopic (exact) mass is 424 g/mol. The SMILES string of the molecule is CN1CCN(c2ccc([N+](=O)[O-])cc2NC(=O)c2cc(O)cc(C(F)(F)F)c2)CC1. The van der Waals surface area contributed by atoms with Crippen molar-refractivity contribution in [2.45, 2.75) is 6.18 Å². The van der Waals surface area contributed by atoms with Crippen LogP contribution in [0.2, 0.25) is 0 Å². The van der Waals surface area contributed by atoms with Crippen molar-refractivity contribution in [1.82, 2.24) is 4.90 Å². The van der Waals surface area contributed by atoms with Crippen LogP contribution in [0, 0.1) is 10.1 Å². The van der Waals surface area contributed by atoms with Crippen LogP contribution in [0.1, 0.15) is 15.9 Å². The first-order valence-corrected chi connectivity index (χ1v) is 8.99. The number of hydrogen-bond donors (Lipinski definition) is 2. The molecule has 11 heteroatoms. The van der Waals surface area contributed by atoms with E-state index in [0.717, 1.165) is 19.2 Å². The maximum Gasteiger partial charge on any atom is 0.416 e. The lowest BCUT2D eigenvalue weighted by atomic mass is 10.1. The van der Waals surface area contributed by atoms with E-state index in [1.54, 1.807) is 0 Å². The second-order valence-corrected chi connectivity index (χ2v) is 6.97. The fraction of sp³-hybridized carbons (Fsp3) is 0.316.